The summed E-state index contributed by atoms with van der Waals surface area (Å²) in [6.45, 7) is 2.03. The molecule has 0 aliphatic heterocycles. The van der Waals surface area contributed by atoms with Gasteiger partial charge in [0.05, 0.1) is 0 Å². The monoisotopic (exact) mass is 199 g/mol. The van der Waals surface area contributed by atoms with E-state index in [9.17, 15) is 8.78 Å². The Morgan fingerprint density at radius 1 is 1.21 bits per heavy atom. The largest absolute Gasteiger partial charge is 0.330 e. The van der Waals surface area contributed by atoms with Crippen molar-refractivity contribution < 1.29 is 8.78 Å². The van der Waals surface area contributed by atoms with E-state index in [2.05, 4.69) is 0 Å². The fourth-order valence-corrected chi connectivity index (χ4v) is 1.29. The molecule has 1 nitrogen and oxygen atoms in total. The summed E-state index contributed by atoms with van der Waals surface area (Å²) in [5.74, 6) is -2.71. The van der Waals surface area contributed by atoms with E-state index in [4.69, 9.17) is 5.73 Å². The van der Waals surface area contributed by atoms with Crippen LogP contribution in [0.15, 0.2) is 24.3 Å². The van der Waals surface area contributed by atoms with Gasteiger partial charge in [-0.05, 0) is 18.5 Å². The van der Waals surface area contributed by atoms with Gasteiger partial charge in [-0.15, -0.1) is 0 Å². The van der Waals surface area contributed by atoms with Crippen LogP contribution in [0.25, 0.3) is 0 Å². The summed E-state index contributed by atoms with van der Waals surface area (Å²) in [5.41, 5.74) is 6.45. The maximum absolute atomic E-state index is 13.2. The first-order chi connectivity index (χ1) is 6.60. The van der Waals surface area contributed by atoms with Crippen LogP contribution < -0.4 is 5.73 Å². The van der Waals surface area contributed by atoms with Gasteiger partial charge in [-0.25, -0.2) is 8.78 Å². The fourth-order valence-electron chi connectivity index (χ4n) is 1.29. The molecule has 0 saturated carbocycles. The number of rotatable bonds is 4. The maximum Gasteiger partial charge on any atom is 0.273 e. The van der Waals surface area contributed by atoms with Gasteiger partial charge >= 0.3 is 0 Å². The third-order valence-electron chi connectivity index (χ3n) is 2.25. The van der Waals surface area contributed by atoms with E-state index in [1.54, 1.807) is 12.1 Å². The fraction of sp³-hybridized carbons (Fsp3) is 0.455. The molecule has 0 saturated heterocycles. The quantitative estimate of drug-likeness (QED) is 0.792. The molecule has 1 aromatic carbocycles. The van der Waals surface area contributed by atoms with E-state index in [-0.39, 0.29) is 12.0 Å². The van der Waals surface area contributed by atoms with Gasteiger partial charge in [0, 0.05) is 12.0 Å². The molecule has 1 rings (SSSR count). The molecule has 0 aromatic heterocycles. The molecular formula is C11H15F2N. The molecule has 0 unspecified atom stereocenters. The van der Waals surface area contributed by atoms with E-state index in [1.807, 2.05) is 0 Å². The van der Waals surface area contributed by atoms with Crippen molar-refractivity contribution in [2.75, 3.05) is 6.54 Å². The molecular weight excluding hydrogens is 184 g/mol. The predicted octanol–water partition coefficient (Wildman–Crippen LogP) is 2.69. The molecule has 1 aromatic rings. The van der Waals surface area contributed by atoms with Crippen molar-refractivity contribution in [3.05, 3.63) is 35.4 Å². The highest BCUT2D eigenvalue weighted by molar-refractivity contribution is 5.25. The van der Waals surface area contributed by atoms with Crippen LogP contribution in [0.2, 0.25) is 0 Å². The number of alkyl halides is 2. The average Bonchev–Trinajstić information content (AvgIpc) is 2.19. The molecule has 0 amide bonds. The number of nitrogens with two attached hydrogens (primary N) is 1. The van der Waals surface area contributed by atoms with Crippen LogP contribution in [0.1, 0.15) is 24.5 Å². The van der Waals surface area contributed by atoms with Gasteiger partial charge < -0.3 is 5.73 Å². The lowest BCUT2D eigenvalue weighted by atomic mass is 10.0. The van der Waals surface area contributed by atoms with E-state index < -0.39 is 5.92 Å². The summed E-state index contributed by atoms with van der Waals surface area (Å²) >= 11 is 0. The molecule has 0 heterocycles. The van der Waals surface area contributed by atoms with Crippen molar-refractivity contribution in [2.24, 2.45) is 5.73 Å². The predicted molar refractivity (Wildman–Crippen MR) is 53.4 cm³/mol. The number of benzene rings is 1. The maximum atomic E-state index is 13.2. The van der Waals surface area contributed by atoms with E-state index in [0.717, 1.165) is 12.0 Å². The molecule has 0 bridgehead atoms. The molecule has 78 valence electrons. The minimum Gasteiger partial charge on any atom is -0.330 e. The summed E-state index contributed by atoms with van der Waals surface area (Å²) < 4.78 is 26.4. The highest BCUT2D eigenvalue weighted by atomic mass is 19.3. The zero-order valence-electron chi connectivity index (χ0n) is 8.26. The Labute approximate surface area is 82.9 Å². The first-order valence-corrected chi connectivity index (χ1v) is 4.77. The number of hydrogen-bond donors (Lipinski definition) is 1. The molecule has 0 spiro atoms. The third kappa shape index (κ3) is 2.51. The Kier molecular flexibility index (Phi) is 3.58. The molecule has 0 fully saturated rings. The number of hydrogen-bond acceptors (Lipinski definition) is 1. The summed E-state index contributed by atoms with van der Waals surface area (Å²) in [6.07, 6.45) is 0.571. The minimum absolute atomic E-state index is 0.0840. The summed E-state index contributed by atoms with van der Waals surface area (Å²) in [7, 11) is 0. The smallest absolute Gasteiger partial charge is 0.273 e. The van der Waals surface area contributed by atoms with E-state index in [1.165, 1.54) is 19.1 Å². The molecule has 0 aliphatic carbocycles. The van der Waals surface area contributed by atoms with Gasteiger partial charge in [0.2, 0.25) is 0 Å². The van der Waals surface area contributed by atoms with Crippen LogP contribution in [-0.2, 0) is 12.3 Å². The molecule has 0 aliphatic rings. The van der Waals surface area contributed by atoms with Gasteiger partial charge in [0.25, 0.3) is 5.92 Å². The first-order valence-electron chi connectivity index (χ1n) is 4.77. The van der Waals surface area contributed by atoms with Gasteiger partial charge in [-0.3, -0.25) is 0 Å². The van der Waals surface area contributed by atoms with Crippen molar-refractivity contribution in [3.63, 3.8) is 0 Å². The SMILES string of the molecule is CCC(F)(F)c1ccc(CCN)cc1. The van der Waals surface area contributed by atoms with Crippen LogP contribution in [0, 0.1) is 0 Å². The summed E-state index contributed by atoms with van der Waals surface area (Å²) in [5, 5.41) is 0. The van der Waals surface area contributed by atoms with Crippen LogP contribution >= 0.6 is 0 Å². The lowest BCUT2D eigenvalue weighted by Gasteiger charge is -2.14. The molecule has 14 heavy (non-hydrogen) atoms. The molecule has 0 radical (unpaired) electrons. The lowest BCUT2D eigenvalue weighted by molar-refractivity contribution is -0.00829. The zero-order chi connectivity index (χ0) is 10.6. The van der Waals surface area contributed by atoms with Crippen molar-refractivity contribution in [1.82, 2.24) is 0 Å². The Morgan fingerprint density at radius 3 is 2.21 bits per heavy atom. The topological polar surface area (TPSA) is 26.0 Å². The van der Waals surface area contributed by atoms with Crippen molar-refractivity contribution in [3.8, 4) is 0 Å². The van der Waals surface area contributed by atoms with E-state index >= 15 is 0 Å². The van der Waals surface area contributed by atoms with E-state index in [0.29, 0.717) is 6.54 Å². The van der Waals surface area contributed by atoms with Crippen molar-refractivity contribution >= 4 is 0 Å². The second-order valence-electron chi connectivity index (χ2n) is 3.29. The summed E-state index contributed by atoms with van der Waals surface area (Å²) in [4.78, 5) is 0. The van der Waals surface area contributed by atoms with Crippen LogP contribution in [-0.4, -0.2) is 6.54 Å². The Bertz CT molecular complexity index is 280. The van der Waals surface area contributed by atoms with Crippen molar-refractivity contribution in [2.45, 2.75) is 25.7 Å². The highest BCUT2D eigenvalue weighted by Gasteiger charge is 2.28. The second kappa shape index (κ2) is 4.51. The Balaban J connectivity index is 2.82. The molecule has 0 atom stereocenters. The summed E-state index contributed by atoms with van der Waals surface area (Å²) in [6, 6.07) is 6.39. The van der Waals surface area contributed by atoms with Crippen LogP contribution in [0.5, 0.6) is 0 Å². The number of halogens is 2. The third-order valence-corrected chi connectivity index (χ3v) is 2.25. The average molecular weight is 199 g/mol. The van der Waals surface area contributed by atoms with Gasteiger partial charge in [0.15, 0.2) is 0 Å². The Hall–Kier alpha value is -0.960. The standard InChI is InChI=1S/C11H15F2N/c1-2-11(12,13)10-5-3-9(4-6-10)7-8-14/h3-6H,2,7-8,14H2,1H3. The lowest BCUT2D eigenvalue weighted by Crippen LogP contribution is -2.11. The minimum atomic E-state index is -2.71. The Morgan fingerprint density at radius 2 is 1.79 bits per heavy atom. The van der Waals surface area contributed by atoms with Crippen LogP contribution in [0.3, 0.4) is 0 Å². The van der Waals surface area contributed by atoms with Crippen molar-refractivity contribution in [1.29, 1.82) is 0 Å². The molecule has 2 N–H and O–H groups in total. The van der Waals surface area contributed by atoms with Gasteiger partial charge in [0.1, 0.15) is 0 Å². The second-order valence-corrected chi connectivity index (χ2v) is 3.29. The first kappa shape index (κ1) is 11.1. The zero-order valence-corrected chi connectivity index (χ0v) is 8.26. The highest BCUT2D eigenvalue weighted by Crippen LogP contribution is 2.31. The molecule has 3 heteroatoms. The normalized spacial score (nSPS) is 11.7. The van der Waals surface area contributed by atoms with Crippen LogP contribution in [0.4, 0.5) is 8.78 Å². The van der Waals surface area contributed by atoms with Gasteiger partial charge in [-0.1, -0.05) is 31.2 Å². The van der Waals surface area contributed by atoms with Gasteiger partial charge in [-0.2, -0.15) is 0 Å².